The first-order valence-electron chi connectivity index (χ1n) is 6.33. The minimum Gasteiger partial charge on any atom is -0.319 e. The van der Waals surface area contributed by atoms with Crippen molar-refractivity contribution in [3.05, 3.63) is 77.6 Å². The summed E-state index contributed by atoms with van der Waals surface area (Å²) < 4.78 is 26.7. The van der Waals surface area contributed by atoms with Crippen LogP contribution in [0.1, 0.15) is 17.3 Å². The van der Waals surface area contributed by atoms with Crippen molar-refractivity contribution < 1.29 is 8.78 Å². The van der Waals surface area contributed by atoms with E-state index in [2.05, 4.69) is 10.2 Å². The molecule has 1 atom stereocenters. The Morgan fingerprint density at radius 3 is 2.52 bits per heavy atom. The van der Waals surface area contributed by atoms with E-state index < -0.39 is 17.7 Å². The average Bonchev–Trinajstić information content (AvgIpc) is 2.97. The fourth-order valence-corrected chi connectivity index (χ4v) is 2.02. The Morgan fingerprint density at radius 1 is 1.05 bits per heavy atom. The molecule has 3 aromatic rings. The lowest BCUT2D eigenvalue weighted by molar-refractivity contribution is 0.563. The molecule has 3 rings (SSSR count). The number of halogens is 2. The van der Waals surface area contributed by atoms with Gasteiger partial charge in [0.05, 0.1) is 17.9 Å². The number of benzene rings is 2. The minimum absolute atomic E-state index is 0.177. The molecular formula is C15H12F2N4. The van der Waals surface area contributed by atoms with Gasteiger partial charge in [-0.2, -0.15) is 15.0 Å². The fraction of sp³-hybridized carbons (Fsp3) is 0.0667. The Morgan fingerprint density at radius 2 is 1.81 bits per heavy atom. The molecule has 2 aromatic carbocycles. The Labute approximate surface area is 119 Å². The van der Waals surface area contributed by atoms with Crippen molar-refractivity contribution in [2.75, 3.05) is 0 Å². The van der Waals surface area contributed by atoms with E-state index in [1.54, 1.807) is 0 Å². The zero-order valence-corrected chi connectivity index (χ0v) is 10.9. The normalized spacial score (nSPS) is 12.3. The Balaban J connectivity index is 1.92. The minimum atomic E-state index is -0.803. The topological polar surface area (TPSA) is 56.7 Å². The highest BCUT2D eigenvalue weighted by molar-refractivity contribution is 5.31. The summed E-state index contributed by atoms with van der Waals surface area (Å²) in [6, 6.07) is 11.8. The quantitative estimate of drug-likeness (QED) is 0.805. The molecule has 4 nitrogen and oxygen atoms in total. The van der Waals surface area contributed by atoms with Crippen LogP contribution in [0.15, 0.2) is 54.7 Å². The van der Waals surface area contributed by atoms with Crippen molar-refractivity contribution >= 4 is 0 Å². The van der Waals surface area contributed by atoms with Crippen LogP contribution in [0, 0.1) is 11.6 Å². The molecule has 0 amide bonds. The molecule has 0 aliphatic rings. The molecule has 0 aliphatic carbocycles. The molecule has 1 aromatic heterocycles. The highest BCUT2D eigenvalue weighted by Crippen LogP contribution is 2.21. The number of rotatable bonds is 3. The summed E-state index contributed by atoms with van der Waals surface area (Å²) in [4.78, 5) is 1.41. The third-order valence-electron chi connectivity index (χ3n) is 3.11. The lowest BCUT2D eigenvalue weighted by Gasteiger charge is -2.09. The van der Waals surface area contributed by atoms with Crippen LogP contribution in [0.3, 0.4) is 0 Å². The van der Waals surface area contributed by atoms with E-state index in [4.69, 9.17) is 5.73 Å². The monoisotopic (exact) mass is 286 g/mol. The Bertz CT molecular complexity index is 755. The highest BCUT2D eigenvalue weighted by Gasteiger charge is 2.17. The molecule has 2 N–H and O–H groups in total. The van der Waals surface area contributed by atoms with Gasteiger partial charge in [-0.1, -0.05) is 24.3 Å². The van der Waals surface area contributed by atoms with Gasteiger partial charge in [0.2, 0.25) is 0 Å². The summed E-state index contributed by atoms with van der Waals surface area (Å²) in [6.45, 7) is 0. The molecule has 0 fully saturated rings. The SMILES string of the molecule is NC(c1cnn(-c2ccccc2)n1)c1ccc(F)cc1F. The van der Waals surface area contributed by atoms with Gasteiger partial charge in [0, 0.05) is 11.6 Å². The van der Waals surface area contributed by atoms with Gasteiger partial charge in [-0.05, 0) is 18.2 Å². The van der Waals surface area contributed by atoms with E-state index in [0.29, 0.717) is 5.69 Å². The maximum absolute atomic E-state index is 13.7. The van der Waals surface area contributed by atoms with Crippen LogP contribution >= 0.6 is 0 Å². The second kappa shape index (κ2) is 5.41. The molecule has 0 saturated heterocycles. The summed E-state index contributed by atoms with van der Waals surface area (Å²) in [5, 5.41) is 8.35. The molecule has 21 heavy (non-hydrogen) atoms. The van der Waals surface area contributed by atoms with Crippen LogP contribution in [0.25, 0.3) is 5.69 Å². The number of para-hydroxylation sites is 1. The van der Waals surface area contributed by atoms with E-state index in [9.17, 15) is 8.78 Å². The predicted molar refractivity (Wildman–Crippen MR) is 73.7 cm³/mol. The van der Waals surface area contributed by atoms with Crippen LogP contribution < -0.4 is 5.73 Å². The Hall–Kier alpha value is -2.60. The van der Waals surface area contributed by atoms with Gasteiger partial charge in [0.1, 0.15) is 17.3 Å². The molecular weight excluding hydrogens is 274 g/mol. The summed E-state index contributed by atoms with van der Waals surface area (Å²) >= 11 is 0. The van der Waals surface area contributed by atoms with E-state index >= 15 is 0 Å². The summed E-state index contributed by atoms with van der Waals surface area (Å²) in [5.41, 5.74) is 7.34. The smallest absolute Gasteiger partial charge is 0.131 e. The second-order valence-electron chi connectivity index (χ2n) is 4.54. The van der Waals surface area contributed by atoms with Crippen LogP contribution in [0.2, 0.25) is 0 Å². The zero-order chi connectivity index (χ0) is 14.8. The maximum atomic E-state index is 13.7. The fourth-order valence-electron chi connectivity index (χ4n) is 2.02. The van der Waals surface area contributed by atoms with Crippen molar-refractivity contribution in [1.82, 2.24) is 15.0 Å². The van der Waals surface area contributed by atoms with Gasteiger partial charge in [-0.3, -0.25) is 0 Å². The van der Waals surface area contributed by atoms with Gasteiger partial charge in [-0.25, -0.2) is 8.78 Å². The van der Waals surface area contributed by atoms with Crippen molar-refractivity contribution in [1.29, 1.82) is 0 Å². The summed E-state index contributed by atoms with van der Waals surface area (Å²) in [6.07, 6.45) is 1.47. The molecule has 0 spiro atoms. The van der Waals surface area contributed by atoms with E-state index in [0.717, 1.165) is 11.8 Å². The molecule has 0 bridgehead atoms. The number of hydrogen-bond donors (Lipinski definition) is 1. The van der Waals surface area contributed by atoms with Crippen molar-refractivity contribution in [2.24, 2.45) is 5.73 Å². The van der Waals surface area contributed by atoms with Crippen LogP contribution in [-0.2, 0) is 0 Å². The largest absolute Gasteiger partial charge is 0.319 e. The van der Waals surface area contributed by atoms with Crippen molar-refractivity contribution in [2.45, 2.75) is 6.04 Å². The van der Waals surface area contributed by atoms with Crippen LogP contribution in [0.5, 0.6) is 0 Å². The van der Waals surface area contributed by atoms with Gasteiger partial charge in [0.25, 0.3) is 0 Å². The number of nitrogens with zero attached hydrogens (tertiary/aromatic N) is 3. The summed E-state index contributed by atoms with van der Waals surface area (Å²) in [5.74, 6) is -1.34. The first-order valence-corrected chi connectivity index (χ1v) is 6.33. The molecule has 0 aliphatic heterocycles. The first kappa shape index (κ1) is 13.4. The molecule has 1 unspecified atom stereocenters. The zero-order valence-electron chi connectivity index (χ0n) is 10.9. The van der Waals surface area contributed by atoms with Gasteiger partial charge < -0.3 is 5.73 Å². The maximum Gasteiger partial charge on any atom is 0.131 e. The summed E-state index contributed by atoms with van der Waals surface area (Å²) in [7, 11) is 0. The van der Waals surface area contributed by atoms with E-state index in [1.165, 1.54) is 23.1 Å². The van der Waals surface area contributed by atoms with Crippen molar-refractivity contribution in [3.63, 3.8) is 0 Å². The lowest BCUT2D eigenvalue weighted by atomic mass is 10.0. The third-order valence-corrected chi connectivity index (χ3v) is 3.11. The molecule has 6 heteroatoms. The lowest BCUT2D eigenvalue weighted by Crippen LogP contribution is -2.15. The molecule has 1 heterocycles. The molecule has 0 radical (unpaired) electrons. The number of hydrogen-bond acceptors (Lipinski definition) is 3. The Kier molecular flexibility index (Phi) is 3.45. The van der Waals surface area contributed by atoms with Gasteiger partial charge in [0.15, 0.2) is 0 Å². The third kappa shape index (κ3) is 2.66. The van der Waals surface area contributed by atoms with E-state index in [-0.39, 0.29) is 5.56 Å². The van der Waals surface area contributed by atoms with E-state index in [1.807, 2.05) is 30.3 Å². The standard InChI is InChI=1S/C15H12F2N4/c16-10-6-7-12(13(17)8-10)15(18)14-9-19-21(20-14)11-4-2-1-3-5-11/h1-9,15H,18H2. The highest BCUT2D eigenvalue weighted by atomic mass is 19.1. The second-order valence-corrected chi connectivity index (χ2v) is 4.54. The number of nitrogens with two attached hydrogens (primary N) is 1. The molecule has 106 valence electrons. The van der Waals surface area contributed by atoms with Crippen molar-refractivity contribution in [3.8, 4) is 5.69 Å². The van der Waals surface area contributed by atoms with Gasteiger partial charge in [-0.15, -0.1) is 0 Å². The van der Waals surface area contributed by atoms with Crippen LogP contribution in [0.4, 0.5) is 8.78 Å². The first-order chi connectivity index (χ1) is 10.1. The number of aromatic nitrogens is 3. The van der Waals surface area contributed by atoms with Gasteiger partial charge >= 0.3 is 0 Å². The predicted octanol–water partition coefficient (Wildman–Crippen LogP) is 2.59. The van der Waals surface area contributed by atoms with Crippen LogP contribution in [-0.4, -0.2) is 15.0 Å². The average molecular weight is 286 g/mol. The molecule has 0 saturated carbocycles.